The zero-order chi connectivity index (χ0) is 96.9. The number of amides is 18. The molecular weight excluding hydrogens is 1740 g/mol. The Balaban J connectivity index is 1.19. The minimum Gasteiger partial charge on any atom is -0.508 e. The highest BCUT2D eigenvalue weighted by Gasteiger charge is 2.47. The van der Waals surface area contributed by atoms with E-state index in [2.05, 4.69) is 68.5 Å². The van der Waals surface area contributed by atoms with E-state index >= 15 is 28.8 Å². The van der Waals surface area contributed by atoms with E-state index in [0.29, 0.717) is 64.2 Å². The number of unbranched alkanes of at least 4 members (excludes halogenated alkanes) is 2. The van der Waals surface area contributed by atoms with Crippen molar-refractivity contribution in [3.8, 4) is 5.75 Å². The first kappa shape index (κ1) is 104. The lowest BCUT2D eigenvalue weighted by molar-refractivity contribution is -0.149. The van der Waals surface area contributed by atoms with Crippen LogP contribution in [0, 0.1) is 5.41 Å². The van der Waals surface area contributed by atoms with Crippen molar-refractivity contribution in [2.75, 3.05) is 72.0 Å². The van der Waals surface area contributed by atoms with Gasteiger partial charge in [0.15, 0.2) is 5.96 Å². The molecule has 0 aliphatic carbocycles. The highest BCUT2D eigenvalue weighted by atomic mass is 32.2. The summed E-state index contributed by atoms with van der Waals surface area (Å²) in [5.74, 6) is -20.1. The lowest BCUT2D eigenvalue weighted by atomic mass is 10.00. The number of primary amides is 3. The summed E-state index contributed by atoms with van der Waals surface area (Å²) in [6.07, 6.45) is -0.255. The smallest absolute Gasteiger partial charge is 0.246 e. The number of aliphatic hydroxyl groups excluding tert-OH is 2. The number of H-pyrrole nitrogens is 2. The Labute approximate surface area is 764 Å². The van der Waals surface area contributed by atoms with Gasteiger partial charge in [0.25, 0.3) is 0 Å². The van der Waals surface area contributed by atoms with Crippen molar-refractivity contribution in [2.45, 2.75) is 214 Å². The number of rotatable bonds is 25. The zero-order valence-electron chi connectivity index (χ0n) is 74.4. The van der Waals surface area contributed by atoms with E-state index in [9.17, 15) is 72.9 Å². The van der Waals surface area contributed by atoms with Crippen molar-refractivity contribution in [3.05, 3.63) is 102 Å². The number of aromatic nitrogens is 2. The molecule has 3 aliphatic rings. The quantitative estimate of drug-likeness (QED) is 0.0147. The second-order valence-electron chi connectivity index (χ2n) is 33.0. The van der Waals surface area contributed by atoms with Crippen LogP contribution in [0.5, 0.6) is 5.75 Å². The molecule has 3 saturated heterocycles. The number of benzene rings is 3. The number of guanidine groups is 1. The summed E-state index contributed by atoms with van der Waals surface area (Å²) in [5, 5.41) is 69.6. The molecule has 132 heavy (non-hydrogen) atoms. The van der Waals surface area contributed by atoms with Gasteiger partial charge in [0.1, 0.15) is 90.3 Å². The van der Waals surface area contributed by atoms with Crippen LogP contribution >= 0.6 is 11.8 Å². The molecule has 46 heteroatoms. The average molecular weight is 1860 g/mol. The molecule has 45 nitrogen and oxygen atoms in total. The number of phenols is 1. The van der Waals surface area contributed by atoms with Gasteiger partial charge in [0, 0.05) is 113 Å². The van der Waals surface area contributed by atoms with Crippen LogP contribution in [0.3, 0.4) is 0 Å². The Bertz CT molecular complexity index is 5010. The largest absolute Gasteiger partial charge is 0.508 e. The van der Waals surface area contributed by atoms with Crippen LogP contribution in [-0.2, 0) is 106 Å². The van der Waals surface area contributed by atoms with Crippen LogP contribution in [0.2, 0.25) is 0 Å². The molecule has 0 saturated carbocycles. The lowest BCUT2D eigenvalue weighted by Gasteiger charge is -2.36. The highest BCUT2D eigenvalue weighted by Crippen LogP contribution is 2.28. The molecule has 5 aromatic rings. The normalized spacial score (nSPS) is 25.0. The predicted molar refractivity (Wildman–Crippen MR) is 481 cm³/mol. The molecule has 3 fully saturated rings. The van der Waals surface area contributed by atoms with Crippen molar-refractivity contribution < 1.29 is 102 Å². The number of aromatic hydroxyl groups is 1. The number of phenolic OH excluding ortho intramolecular Hbond substituents is 1. The monoisotopic (exact) mass is 1860 g/mol. The molecule has 3 aromatic carbocycles. The first-order valence-electron chi connectivity index (χ1n) is 43.6. The van der Waals surface area contributed by atoms with Crippen LogP contribution < -0.4 is 87.2 Å². The van der Waals surface area contributed by atoms with Crippen LogP contribution in [0.15, 0.2) is 85.2 Å². The number of likely N-dealkylation sites (N-methyl/N-ethyl adjacent to an activating group) is 3. The Kier molecular flexibility index (Phi) is 38.9. The van der Waals surface area contributed by atoms with Gasteiger partial charge < -0.3 is 137 Å². The van der Waals surface area contributed by atoms with Gasteiger partial charge in [-0.1, -0.05) is 88.1 Å². The van der Waals surface area contributed by atoms with Gasteiger partial charge in [-0.15, -0.1) is 11.8 Å². The number of aliphatic hydroxyl groups is 2. The van der Waals surface area contributed by atoms with Crippen LogP contribution in [0.25, 0.3) is 21.8 Å². The van der Waals surface area contributed by atoms with Gasteiger partial charge in [-0.2, -0.15) is 0 Å². The summed E-state index contributed by atoms with van der Waals surface area (Å²) in [5.41, 5.74) is 31.0. The molecule has 18 amide bonds. The lowest BCUT2D eigenvalue weighted by Crippen LogP contribution is -2.62. The molecule has 0 unspecified atom stereocenters. The molecule has 718 valence electrons. The van der Waals surface area contributed by atoms with E-state index in [-0.39, 0.29) is 76.6 Å². The number of para-hydroxylation sites is 2. The van der Waals surface area contributed by atoms with Crippen molar-refractivity contribution in [1.82, 2.24) is 93.0 Å². The number of hydrogen-bond donors (Lipinski definition) is 22. The van der Waals surface area contributed by atoms with Crippen LogP contribution in [0.4, 0.5) is 0 Å². The summed E-state index contributed by atoms with van der Waals surface area (Å²) in [6, 6.07) is -3.71. The fourth-order valence-electron chi connectivity index (χ4n) is 15.9. The number of aromatic amines is 2. The summed E-state index contributed by atoms with van der Waals surface area (Å²) >= 11 is 0.745. The molecule has 2 aromatic heterocycles. The first-order chi connectivity index (χ1) is 62.8. The average Bonchev–Trinajstić information content (AvgIpc) is 1.60. The maximum Gasteiger partial charge on any atom is 0.246 e. The molecule has 27 N–H and O–H groups in total. The molecule has 0 bridgehead atoms. The number of fused-ring (bicyclic) bond motifs is 4. The summed E-state index contributed by atoms with van der Waals surface area (Å²) < 4.78 is 0. The van der Waals surface area contributed by atoms with E-state index in [1.54, 1.807) is 60.9 Å². The van der Waals surface area contributed by atoms with Gasteiger partial charge in [-0.3, -0.25) is 91.7 Å². The molecule has 8 rings (SSSR count). The molecule has 5 heterocycles. The maximum atomic E-state index is 15.7. The Morgan fingerprint density at radius 2 is 1.02 bits per heavy atom. The number of hydrogen-bond acceptors (Lipinski definition) is 24. The molecular formula is C86H122N24O21S. The maximum absolute atomic E-state index is 15.7. The minimum atomic E-state index is -1.96. The Morgan fingerprint density at radius 3 is 1.60 bits per heavy atom. The van der Waals surface area contributed by atoms with E-state index in [4.69, 9.17) is 34.1 Å². The number of carbonyl (C=O) groups is 18. The van der Waals surface area contributed by atoms with Gasteiger partial charge in [-0.25, -0.2) is 0 Å². The predicted octanol–water partition coefficient (Wildman–Crippen LogP) is -6.11. The zero-order valence-corrected chi connectivity index (χ0v) is 75.3. The number of nitrogens with two attached hydrogens (primary N) is 5. The fourth-order valence-corrected chi connectivity index (χ4v) is 16.8. The van der Waals surface area contributed by atoms with Crippen LogP contribution in [-0.4, -0.2) is 325 Å². The summed E-state index contributed by atoms with van der Waals surface area (Å²) in [4.78, 5) is 272. The Hall–Kier alpha value is -13.5. The second kappa shape index (κ2) is 49.5. The molecule has 15 atom stereocenters. The third-order valence-corrected chi connectivity index (χ3v) is 24.3. The van der Waals surface area contributed by atoms with Gasteiger partial charge in [0.2, 0.25) is 106 Å². The van der Waals surface area contributed by atoms with E-state index in [1.807, 2.05) is 13.8 Å². The van der Waals surface area contributed by atoms with Gasteiger partial charge >= 0.3 is 0 Å². The van der Waals surface area contributed by atoms with Crippen molar-refractivity contribution >= 4 is 146 Å². The molecule has 0 radical (unpaired) electrons. The fraction of sp³-hybridized carbons (Fsp3) is 0.523. The van der Waals surface area contributed by atoms with Gasteiger partial charge in [0.05, 0.1) is 37.9 Å². The van der Waals surface area contributed by atoms with Crippen molar-refractivity contribution in [1.29, 1.82) is 5.41 Å². The summed E-state index contributed by atoms with van der Waals surface area (Å²) in [6.45, 7) is 1.49. The van der Waals surface area contributed by atoms with E-state index in [1.165, 1.54) is 52.3 Å². The topological polar surface area (TPSA) is 702 Å². The number of nitrogens with zero attached hydrogens (tertiary/aromatic N) is 5. The standard InChI is InChI=1S/C86H122N24O21S/c1-7-9-22-64-78(124)98-55(21-15-29-93-86(91)92)74(120)105-63(73(119)96-40-70(90)116)43-132-44-71(117)97-57(31-46-25-27-49(112)28-26-46)81(127)106(4)45(3)72(118)100-59(35-68(88)114)83(129)109-30-16-24-65(109)79(125)103-61(37-87)76(122)102-60(36-69(89)115)84(130)110-41-50(113)34-67(110)80(126)99-56(32-47-38-94-53-19-13-11-17-51(47)53)75(121)104-62(42-111)77(123)101-58(33-48-39-95-54-20-14-12-18-52(48)54)82(128)108(6)66(23-10-8-2)85(131)107(64)5/h11-14,17-20,25-28,38-39,45,50,55-67,94-95,111-113H,7-10,15-16,21-24,29-37,40-44,87H2,1-6H3,(H2,88,114)(H2,89,115)(H2,90,116)(H,96,119)(H,97,117)(H,98,124)(H,99,126)(H,100,118)(H,101,123)(H,102,122)(H,103,125)(H,104,121)(H,105,120)(H4,91,92,93)/t45-,50+,55-,56-,57-,58-,59-,60-,61-,62-,63-,64-,65-,66-,67-/m0/s1. The van der Waals surface area contributed by atoms with Crippen LogP contribution in [0.1, 0.15) is 121 Å². The summed E-state index contributed by atoms with van der Waals surface area (Å²) in [7, 11) is 3.83. The number of thioether (sulfide) groups is 1. The molecule has 0 spiro atoms. The van der Waals surface area contributed by atoms with Crippen molar-refractivity contribution in [3.63, 3.8) is 0 Å². The van der Waals surface area contributed by atoms with Gasteiger partial charge in [-0.05, 0) is 86.4 Å². The van der Waals surface area contributed by atoms with E-state index < -0.39 is 260 Å². The van der Waals surface area contributed by atoms with E-state index in [0.717, 1.165) is 36.3 Å². The SMILES string of the molecule is CCCC[C@H]1C(=O)N(C)[C@@H](CCCC)C(=O)N[C@@H](CCCNC(=N)N)C(=O)N[C@H](C(=O)NCC(N)=O)CSCC(=O)N[C@@H](Cc2ccc(O)cc2)C(=O)N(C)[C@@H](C)C(=O)N[C@@H](CC(N)=O)C(=O)N2CCC[C@H]2C(=O)N[C@@H](CN)C(=O)N[C@@H](CC(N)=O)C(=O)N2C[C@H](O)C[C@H]2C(=O)N[C@@H](Cc2c[nH]c3ccccc23)C(=O)N[C@@H](CO)C(=O)N[C@@H](Cc2c[nH]c3ccccc23)C(=O)N1C. The minimum absolute atomic E-state index is 0.0237. The number of nitrogens with one attached hydrogen (secondary N) is 14. The second-order valence-corrected chi connectivity index (χ2v) is 34.0. The Morgan fingerprint density at radius 1 is 0.515 bits per heavy atom. The highest BCUT2D eigenvalue weighted by molar-refractivity contribution is 8.00. The molecule has 3 aliphatic heterocycles. The third-order valence-electron chi connectivity index (χ3n) is 23.3. The number of carbonyl (C=O) groups excluding carboxylic acids is 18. The third kappa shape index (κ3) is 28.8. The first-order valence-corrected chi connectivity index (χ1v) is 44.7. The van der Waals surface area contributed by atoms with Crippen molar-refractivity contribution in [2.24, 2.45) is 28.7 Å².